The van der Waals surface area contributed by atoms with Gasteiger partial charge < -0.3 is 14.6 Å². The van der Waals surface area contributed by atoms with Crippen LogP contribution >= 0.6 is 27.5 Å². The van der Waals surface area contributed by atoms with Gasteiger partial charge in [-0.1, -0.05) is 41.9 Å². The third-order valence-electron chi connectivity index (χ3n) is 5.79. The molecule has 0 amide bonds. The molecule has 3 aromatic rings. The molecule has 0 radical (unpaired) electrons. The van der Waals surface area contributed by atoms with Crippen molar-refractivity contribution in [2.75, 3.05) is 19.6 Å². The summed E-state index contributed by atoms with van der Waals surface area (Å²) in [6.07, 6.45) is 3.18. The molecule has 1 aliphatic heterocycles. The van der Waals surface area contributed by atoms with Crippen molar-refractivity contribution in [3.05, 3.63) is 69.3 Å². The molecule has 1 fully saturated rings. The lowest BCUT2D eigenvalue weighted by Gasteiger charge is -2.33. The number of carbonyl (C=O) groups is 1. The van der Waals surface area contributed by atoms with Gasteiger partial charge in [-0.3, -0.25) is 4.79 Å². The van der Waals surface area contributed by atoms with Crippen molar-refractivity contribution in [1.29, 1.82) is 0 Å². The van der Waals surface area contributed by atoms with Gasteiger partial charge in [0, 0.05) is 41.6 Å². The van der Waals surface area contributed by atoms with Crippen molar-refractivity contribution in [2.24, 2.45) is 0 Å². The molecule has 1 N–H and O–H groups in total. The molecule has 29 heavy (non-hydrogen) atoms. The average molecular weight is 476 g/mol. The highest BCUT2D eigenvalue weighted by atomic mass is 79.9. The van der Waals surface area contributed by atoms with Gasteiger partial charge in [-0.25, -0.2) is 0 Å². The quantitative estimate of drug-likeness (QED) is 0.507. The molecule has 2 heterocycles. The van der Waals surface area contributed by atoms with E-state index in [1.807, 2.05) is 36.4 Å². The van der Waals surface area contributed by atoms with Crippen molar-refractivity contribution >= 4 is 44.4 Å². The highest BCUT2D eigenvalue weighted by Gasteiger charge is 2.23. The van der Waals surface area contributed by atoms with Gasteiger partial charge in [0.2, 0.25) is 0 Å². The Bertz CT molecular complexity index is 1020. The normalized spacial score (nSPS) is 15.8. The molecule has 4 nitrogen and oxygen atoms in total. The highest BCUT2D eigenvalue weighted by Crippen LogP contribution is 2.33. The van der Waals surface area contributed by atoms with Crippen LogP contribution in [0.1, 0.15) is 30.0 Å². The molecule has 0 unspecified atom stereocenters. The van der Waals surface area contributed by atoms with E-state index < -0.39 is 5.97 Å². The molecule has 1 aromatic heterocycles. The van der Waals surface area contributed by atoms with Crippen LogP contribution in [0.2, 0.25) is 5.02 Å². The number of piperidine rings is 1. The van der Waals surface area contributed by atoms with Gasteiger partial charge in [0.25, 0.3) is 0 Å². The number of aromatic nitrogens is 1. The number of halogens is 2. The van der Waals surface area contributed by atoms with Crippen LogP contribution in [-0.2, 0) is 17.6 Å². The zero-order valence-corrected chi connectivity index (χ0v) is 18.5. The van der Waals surface area contributed by atoms with Crippen molar-refractivity contribution in [1.82, 2.24) is 9.47 Å². The Morgan fingerprint density at radius 2 is 1.90 bits per heavy atom. The molecule has 0 saturated carbocycles. The Morgan fingerprint density at radius 3 is 2.62 bits per heavy atom. The van der Waals surface area contributed by atoms with Gasteiger partial charge in [0.15, 0.2) is 0 Å². The summed E-state index contributed by atoms with van der Waals surface area (Å²) < 4.78 is 3.40. The van der Waals surface area contributed by atoms with Gasteiger partial charge in [0.05, 0.1) is 11.0 Å². The summed E-state index contributed by atoms with van der Waals surface area (Å²) in [6.45, 7) is 3.12. The SMILES string of the molecule is O=C(O)Cc1ccc2cc(Br)n(C3CCN(CCc4ccccc4Cl)CC3)c2c1. The average Bonchev–Trinajstić information content (AvgIpc) is 3.02. The fourth-order valence-corrected chi connectivity index (χ4v) is 5.23. The summed E-state index contributed by atoms with van der Waals surface area (Å²) in [5.74, 6) is -0.798. The molecule has 0 aliphatic carbocycles. The third-order valence-corrected chi connectivity index (χ3v) is 6.77. The zero-order valence-electron chi connectivity index (χ0n) is 16.2. The van der Waals surface area contributed by atoms with E-state index in [0.717, 1.165) is 65.0 Å². The lowest BCUT2D eigenvalue weighted by molar-refractivity contribution is -0.136. The molecule has 152 valence electrons. The number of hydrogen-bond acceptors (Lipinski definition) is 2. The molecular formula is C23H24BrClN2O2. The summed E-state index contributed by atoms with van der Waals surface area (Å²) in [5.41, 5.74) is 3.17. The minimum atomic E-state index is -0.798. The minimum Gasteiger partial charge on any atom is -0.481 e. The lowest BCUT2D eigenvalue weighted by atomic mass is 10.0. The summed E-state index contributed by atoms with van der Waals surface area (Å²) >= 11 is 10.0. The third kappa shape index (κ3) is 4.68. The van der Waals surface area contributed by atoms with Crippen molar-refractivity contribution < 1.29 is 9.90 Å². The van der Waals surface area contributed by atoms with Crippen LogP contribution in [0.5, 0.6) is 0 Å². The maximum Gasteiger partial charge on any atom is 0.307 e. The van der Waals surface area contributed by atoms with Crippen molar-refractivity contribution in [3.8, 4) is 0 Å². The minimum absolute atomic E-state index is 0.0548. The predicted molar refractivity (Wildman–Crippen MR) is 121 cm³/mol. The second-order valence-electron chi connectivity index (χ2n) is 7.71. The fraction of sp³-hybridized carbons (Fsp3) is 0.348. The molecule has 1 saturated heterocycles. The predicted octanol–water partition coefficient (Wildman–Crippen LogP) is 5.56. The smallest absolute Gasteiger partial charge is 0.307 e. The molecule has 4 rings (SSSR count). The Labute approximate surface area is 184 Å². The number of hydrogen-bond donors (Lipinski definition) is 1. The number of fused-ring (bicyclic) bond motifs is 1. The molecule has 6 heteroatoms. The number of likely N-dealkylation sites (tertiary alicyclic amines) is 1. The second-order valence-corrected chi connectivity index (χ2v) is 8.93. The Hall–Kier alpha value is -1.82. The molecule has 1 aliphatic rings. The fourth-order valence-electron chi connectivity index (χ4n) is 4.27. The van der Waals surface area contributed by atoms with Crippen LogP contribution in [0.3, 0.4) is 0 Å². The van der Waals surface area contributed by atoms with Crippen LogP contribution in [-0.4, -0.2) is 40.2 Å². The highest BCUT2D eigenvalue weighted by molar-refractivity contribution is 9.10. The number of benzene rings is 2. The largest absolute Gasteiger partial charge is 0.481 e. The Balaban J connectivity index is 1.44. The standard InChI is InChI=1S/C23H24BrClN2O2/c24-22-15-18-6-5-16(14-23(28)29)13-21(18)27(22)19-8-11-26(12-9-19)10-7-17-3-1-2-4-20(17)25/h1-6,13,15,19H,7-12,14H2,(H,28,29). The maximum absolute atomic E-state index is 11.1. The molecule has 0 spiro atoms. The van der Waals surface area contributed by atoms with E-state index in [9.17, 15) is 4.79 Å². The van der Waals surface area contributed by atoms with Gasteiger partial charge in [-0.05, 0) is 64.5 Å². The maximum atomic E-state index is 11.1. The van der Waals surface area contributed by atoms with E-state index in [1.165, 1.54) is 5.56 Å². The van der Waals surface area contributed by atoms with Crippen LogP contribution in [0.25, 0.3) is 10.9 Å². The van der Waals surface area contributed by atoms with E-state index in [0.29, 0.717) is 6.04 Å². The molecule has 0 bridgehead atoms. The van der Waals surface area contributed by atoms with E-state index >= 15 is 0 Å². The van der Waals surface area contributed by atoms with Crippen molar-refractivity contribution in [3.63, 3.8) is 0 Å². The first-order valence-corrected chi connectivity index (χ1v) is 11.2. The van der Waals surface area contributed by atoms with Gasteiger partial charge in [-0.2, -0.15) is 0 Å². The van der Waals surface area contributed by atoms with Gasteiger partial charge >= 0.3 is 5.97 Å². The van der Waals surface area contributed by atoms with E-state index in [2.05, 4.69) is 37.5 Å². The molecular weight excluding hydrogens is 452 g/mol. The van der Waals surface area contributed by atoms with Gasteiger partial charge in [0.1, 0.15) is 0 Å². The number of nitrogens with zero attached hydrogens (tertiary/aromatic N) is 2. The number of rotatable bonds is 6. The van der Waals surface area contributed by atoms with Crippen LogP contribution in [0.15, 0.2) is 53.1 Å². The van der Waals surface area contributed by atoms with Crippen molar-refractivity contribution in [2.45, 2.75) is 31.7 Å². The first-order chi connectivity index (χ1) is 14.0. The first-order valence-electron chi connectivity index (χ1n) is 9.98. The van der Waals surface area contributed by atoms with Crippen LogP contribution < -0.4 is 0 Å². The summed E-state index contributed by atoms with van der Waals surface area (Å²) in [6, 6.07) is 16.6. The number of aliphatic carboxylic acids is 1. The summed E-state index contributed by atoms with van der Waals surface area (Å²) in [4.78, 5) is 13.6. The second kappa shape index (κ2) is 8.90. The first kappa shape index (κ1) is 20.5. The Morgan fingerprint density at radius 1 is 1.14 bits per heavy atom. The lowest BCUT2D eigenvalue weighted by Crippen LogP contribution is -2.36. The monoisotopic (exact) mass is 474 g/mol. The van der Waals surface area contributed by atoms with E-state index in [1.54, 1.807) is 0 Å². The molecule has 0 atom stereocenters. The number of carboxylic acid groups (broad SMARTS) is 1. The van der Waals surface area contributed by atoms with E-state index in [-0.39, 0.29) is 6.42 Å². The molecule has 2 aromatic carbocycles. The topological polar surface area (TPSA) is 45.5 Å². The van der Waals surface area contributed by atoms with Crippen LogP contribution in [0, 0.1) is 0 Å². The zero-order chi connectivity index (χ0) is 20.4. The summed E-state index contributed by atoms with van der Waals surface area (Å²) in [7, 11) is 0. The van der Waals surface area contributed by atoms with Gasteiger partial charge in [-0.15, -0.1) is 0 Å². The number of carboxylic acids is 1. The van der Waals surface area contributed by atoms with E-state index in [4.69, 9.17) is 16.7 Å². The Kier molecular flexibility index (Phi) is 6.28. The van der Waals surface area contributed by atoms with Crippen LogP contribution in [0.4, 0.5) is 0 Å². The summed E-state index contributed by atoms with van der Waals surface area (Å²) in [5, 5.41) is 11.1.